The van der Waals surface area contributed by atoms with E-state index in [9.17, 15) is 13.2 Å². The van der Waals surface area contributed by atoms with Crippen LogP contribution in [0.5, 0.6) is 5.75 Å². The summed E-state index contributed by atoms with van der Waals surface area (Å²) in [7, 11) is -1.56. The lowest BCUT2D eigenvalue weighted by Gasteiger charge is -2.31. The Morgan fingerprint density at radius 3 is 2.30 bits per heavy atom. The number of benzene rings is 2. The maximum absolute atomic E-state index is 12.8. The van der Waals surface area contributed by atoms with E-state index in [0.717, 1.165) is 4.47 Å². The third-order valence-electron chi connectivity index (χ3n) is 4.76. The van der Waals surface area contributed by atoms with E-state index in [2.05, 4.69) is 26.1 Å². The minimum Gasteiger partial charge on any atom is -0.490 e. The summed E-state index contributed by atoms with van der Waals surface area (Å²) in [6, 6.07) is 11.5. The van der Waals surface area contributed by atoms with E-state index in [1.807, 2.05) is 27.0 Å². The molecule has 30 heavy (non-hydrogen) atoms. The van der Waals surface area contributed by atoms with E-state index in [1.165, 1.54) is 16.4 Å². The number of nitrogens with zero attached hydrogens (tertiary/aromatic N) is 2. The van der Waals surface area contributed by atoms with Crippen molar-refractivity contribution in [1.29, 1.82) is 0 Å². The number of sulfonamides is 1. The Labute approximate surface area is 186 Å². The van der Waals surface area contributed by atoms with Crippen molar-refractivity contribution in [3.8, 4) is 5.75 Å². The lowest BCUT2D eigenvalue weighted by molar-refractivity contribution is 0.102. The molecule has 0 unspecified atom stereocenters. The Morgan fingerprint density at radius 2 is 1.70 bits per heavy atom. The van der Waals surface area contributed by atoms with Gasteiger partial charge in [0.05, 0.1) is 16.6 Å². The number of ether oxygens (including phenoxy) is 1. The van der Waals surface area contributed by atoms with Gasteiger partial charge in [-0.2, -0.15) is 4.31 Å². The second-order valence-corrected chi connectivity index (χ2v) is 10.3. The van der Waals surface area contributed by atoms with Crippen LogP contribution >= 0.6 is 15.9 Å². The summed E-state index contributed by atoms with van der Waals surface area (Å²) >= 11 is 3.38. The topological polar surface area (TPSA) is 78.9 Å². The zero-order valence-corrected chi connectivity index (χ0v) is 19.7. The highest BCUT2D eigenvalue weighted by atomic mass is 79.9. The fourth-order valence-electron chi connectivity index (χ4n) is 3.12. The van der Waals surface area contributed by atoms with Gasteiger partial charge in [0.1, 0.15) is 5.75 Å². The zero-order chi connectivity index (χ0) is 21.9. The lowest BCUT2D eigenvalue weighted by Crippen LogP contribution is -2.46. The molecular formula is C21H26BrN3O4S. The summed E-state index contributed by atoms with van der Waals surface area (Å²) < 4.78 is 33.7. The first-order chi connectivity index (χ1) is 14.2. The number of carbonyl (C=O) groups is 1. The molecule has 1 N–H and O–H groups in total. The maximum atomic E-state index is 12.8. The monoisotopic (exact) mass is 495 g/mol. The predicted molar refractivity (Wildman–Crippen MR) is 121 cm³/mol. The minimum absolute atomic E-state index is 0.0724. The highest BCUT2D eigenvalue weighted by Gasteiger charge is 2.27. The van der Waals surface area contributed by atoms with E-state index < -0.39 is 10.0 Å². The molecule has 0 radical (unpaired) electrons. The Hall–Kier alpha value is -1.94. The molecule has 0 saturated carbocycles. The number of piperazine rings is 1. The molecule has 7 nitrogen and oxygen atoms in total. The van der Waals surface area contributed by atoms with Crippen molar-refractivity contribution in [2.45, 2.75) is 24.8 Å². The van der Waals surface area contributed by atoms with Gasteiger partial charge in [-0.1, -0.05) is 15.9 Å². The average Bonchev–Trinajstić information content (AvgIpc) is 2.69. The molecule has 0 aliphatic carbocycles. The van der Waals surface area contributed by atoms with Gasteiger partial charge in [-0.25, -0.2) is 8.42 Å². The van der Waals surface area contributed by atoms with Crippen molar-refractivity contribution in [3.63, 3.8) is 0 Å². The first kappa shape index (κ1) is 22.7. The number of rotatable bonds is 6. The summed E-state index contributed by atoms with van der Waals surface area (Å²) in [6.07, 6.45) is -0.0724. The molecule has 1 amide bonds. The molecule has 2 aromatic rings. The van der Waals surface area contributed by atoms with Crippen LogP contribution in [0.25, 0.3) is 0 Å². The van der Waals surface area contributed by atoms with Crippen molar-refractivity contribution in [1.82, 2.24) is 9.21 Å². The Kier molecular flexibility index (Phi) is 7.18. The van der Waals surface area contributed by atoms with Crippen LogP contribution in [0.2, 0.25) is 0 Å². The minimum atomic E-state index is -3.54. The quantitative estimate of drug-likeness (QED) is 0.663. The molecule has 1 aliphatic heterocycles. The largest absolute Gasteiger partial charge is 0.490 e. The van der Waals surface area contributed by atoms with Crippen LogP contribution in [0, 0.1) is 0 Å². The summed E-state index contributed by atoms with van der Waals surface area (Å²) in [6.45, 7) is 6.14. The molecular weight excluding hydrogens is 470 g/mol. The van der Waals surface area contributed by atoms with Crippen LogP contribution in [0.15, 0.2) is 51.8 Å². The van der Waals surface area contributed by atoms with Crippen LogP contribution in [0.3, 0.4) is 0 Å². The summed E-state index contributed by atoms with van der Waals surface area (Å²) in [5, 5.41) is 2.81. The van der Waals surface area contributed by atoms with Gasteiger partial charge in [0.2, 0.25) is 10.0 Å². The molecule has 0 atom stereocenters. The van der Waals surface area contributed by atoms with Crippen LogP contribution in [0.4, 0.5) is 5.69 Å². The molecule has 0 spiro atoms. The van der Waals surface area contributed by atoms with Gasteiger partial charge in [-0.3, -0.25) is 4.79 Å². The molecule has 3 rings (SSSR count). The Bertz CT molecular complexity index is 1000. The van der Waals surface area contributed by atoms with Gasteiger partial charge in [0.15, 0.2) is 0 Å². The molecule has 1 heterocycles. The second kappa shape index (κ2) is 9.47. The fourth-order valence-corrected chi connectivity index (χ4v) is 4.91. The van der Waals surface area contributed by atoms with E-state index in [4.69, 9.17) is 4.74 Å². The third kappa shape index (κ3) is 5.40. The first-order valence-electron chi connectivity index (χ1n) is 9.73. The Morgan fingerprint density at radius 1 is 1.07 bits per heavy atom. The number of hydrogen-bond donors (Lipinski definition) is 1. The van der Waals surface area contributed by atoms with Gasteiger partial charge < -0.3 is 15.0 Å². The number of hydrogen-bond acceptors (Lipinski definition) is 5. The SMILES string of the molecule is CC(C)Oc1ccc(Br)cc1C(=O)Nc1ccc(S(=O)(=O)N2CCN(C)CC2)cc1. The molecule has 1 aliphatic rings. The molecule has 1 fully saturated rings. The third-order valence-corrected chi connectivity index (χ3v) is 7.17. The smallest absolute Gasteiger partial charge is 0.259 e. The van der Waals surface area contributed by atoms with E-state index in [-0.39, 0.29) is 16.9 Å². The standard InChI is InChI=1S/C21H26BrN3O4S/c1-15(2)29-20-9-4-16(22)14-19(20)21(26)23-17-5-7-18(8-6-17)30(27,28)25-12-10-24(3)11-13-25/h4-9,14-15H,10-13H2,1-3H3,(H,23,26). The van der Waals surface area contributed by atoms with E-state index in [1.54, 1.807) is 24.3 Å². The summed E-state index contributed by atoms with van der Waals surface area (Å²) in [5.41, 5.74) is 0.903. The van der Waals surface area contributed by atoms with E-state index >= 15 is 0 Å². The van der Waals surface area contributed by atoms with Gasteiger partial charge >= 0.3 is 0 Å². The summed E-state index contributed by atoms with van der Waals surface area (Å²) in [4.78, 5) is 15.1. The van der Waals surface area contributed by atoms with Crippen LogP contribution in [0.1, 0.15) is 24.2 Å². The van der Waals surface area contributed by atoms with Crippen molar-refractivity contribution < 1.29 is 17.9 Å². The number of anilines is 1. The van der Waals surface area contributed by atoms with Crippen molar-refractivity contribution in [2.75, 3.05) is 38.5 Å². The summed E-state index contributed by atoms with van der Waals surface area (Å²) in [5.74, 6) is 0.154. The van der Waals surface area contributed by atoms with Gasteiger partial charge in [-0.05, 0) is 63.4 Å². The second-order valence-electron chi connectivity index (χ2n) is 7.49. The molecule has 162 valence electrons. The van der Waals surface area contributed by atoms with Gasteiger partial charge in [0.25, 0.3) is 5.91 Å². The van der Waals surface area contributed by atoms with Crippen molar-refractivity contribution in [3.05, 3.63) is 52.5 Å². The Balaban J connectivity index is 1.75. The maximum Gasteiger partial charge on any atom is 0.259 e. The number of nitrogens with one attached hydrogen (secondary N) is 1. The predicted octanol–water partition coefficient (Wildman–Crippen LogP) is 3.42. The van der Waals surface area contributed by atoms with Crippen molar-refractivity contribution in [2.24, 2.45) is 0 Å². The number of carbonyl (C=O) groups excluding carboxylic acids is 1. The molecule has 2 aromatic carbocycles. The lowest BCUT2D eigenvalue weighted by atomic mass is 10.1. The average molecular weight is 496 g/mol. The number of halogens is 1. The first-order valence-corrected chi connectivity index (χ1v) is 12.0. The highest BCUT2D eigenvalue weighted by molar-refractivity contribution is 9.10. The number of amides is 1. The van der Waals surface area contributed by atoms with E-state index in [0.29, 0.717) is 43.2 Å². The highest BCUT2D eigenvalue weighted by Crippen LogP contribution is 2.26. The normalized spacial score (nSPS) is 15.9. The van der Waals surface area contributed by atoms with Crippen LogP contribution in [-0.2, 0) is 10.0 Å². The molecule has 9 heteroatoms. The van der Waals surface area contributed by atoms with Gasteiger partial charge in [0, 0.05) is 36.3 Å². The molecule has 0 bridgehead atoms. The van der Waals surface area contributed by atoms with Crippen molar-refractivity contribution >= 4 is 37.5 Å². The number of likely N-dealkylation sites (N-methyl/N-ethyl adjacent to an activating group) is 1. The zero-order valence-electron chi connectivity index (χ0n) is 17.3. The van der Waals surface area contributed by atoms with Crippen LogP contribution in [-0.4, -0.2) is 62.9 Å². The van der Waals surface area contributed by atoms with Crippen LogP contribution < -0.4 is 10.1 Å². The molecule has 0 aromatic heterocycles. The fraction of sp³-hybridized carbons (Fsp3) is 0.381. The van der Waals surface area contributed by atoms with Gasteiger partial charge in [-0.15, -0.1) is 0 Å². The molecule has 1 saturated heterocycles.